The molecule has 1 aliphatic rings. The maximum absolute atomic E-state index is 13.6. The summed E-state index contributed by atoms with van der Waals surface area (Å²) in [4.78, 5) is 0. The first-order valence-electron chi connectivity index (χ1n) is 6.22. The van der Waals surface area contributed by atoms with Gasteiger partial charge >= 0.3 is 0 Å². The van der Waals surface area contributed by atoms with Crippen molar-refractivity contribution < 1.29 is 4.39 Å². The predicted molar refractivity (Wildman–Crippen MR) is 59.3 cm³/mol. The Hall–Kier alpha value is -0.110. The van der Waals surface area contributed by atoms with Gasteiger partial charge < -0.3 is 5.32 Å². The first kappa shape index (κ1) is 12.0. The number of unbranched alkanes of at least 4 members (excludes halogenated alkanes) is 4. The number of hydrogen-bond acceptors (Lipinski definition) is 1. The van der Waals surface area contributed by atoms with Crippen LogP contribution in [-0.2, 0) is 0 Å². The van der Waals surface area contributed by atoms with Gasteiger partial charge in [-0.25, -0.2) is 4.39 Å². The van der Waals surface area contributed by atoms with Gasteiger partial charge in [0.25, 0.3) is 0 Å². The zero-order chi connectivity index (χ0) is 10.2. The highest BCUT2D eigenvalue weighted by Gasteiger charge is 2.23. The van der Waals surface area contributed by atoms with Gasteiger partial charge in [-0.3, -0.25) is 0 Å². The van der Waals surface area contributed by atoms with E-state index in [1.54, 1.807) is 0 Å². The van der Waals surface area contributed by atoms with Gasteiger partial charge in [-0.2, -0.15) is 0 Å². The molecule has 14 heavy (non-hydrogen) atoms. The molecule has 0 aromatic carbocycles. The fraction of sp³-hybridized carbons (Fsp3) is 1.00. The van der Waals surface area contributed by atoms with Crippen LogP contribution in [0.3, 0.4) is 0 Å². The van der Waals surface area contributed by atoms with Crippen LogP contribution in [0.4, 0.5) is 4.39 Å². The van der Waals surface area contributed by atoms with Crippen molar-refractivity contribution >= 4 is 0 Å². The Kier molecular flexibility index (Phi) is 6.17. The van der Waals surface area contributed by atoms with Gasteiger partial charge in [0.05, 0.1) is 0 Å². The van der Waals surface area contributed by atoms with E-state index in [-0.39, 0.29) is 6.04 Å². The van der Waals surface area contributed by atoms with Gasteiger partial charge in [-0.1, -0.05) is 39.0 Å². The van der Waals surface area contributed by atoms with Crippen LogP contribution >= 0.6 is 0 Å². The quantitative estimate of drug-likeness (QED) is 0.622. The largest absolute Gasteiger partial charge is 0.311 e. The number of alkyl halides is 1. The number of nitrogens with one attached hydrogen (secondary N) is 1. The van der Waals surface area contributed by atoms with E-state index in [0.29, 0.717) is 0 Å². The van der Waals surface area contributed by atoms with Crippen LogP contribution in [0.1, 0.15) is 58.3 Å². The molecule has 1 N–H and O–H groups in total. The second kappa shape index (κ2) is 7.22. The van der Waals surface area contributed by atoms with E-state index in [2.05, 4.69) is 12.2 Å². The van der Waals surface area contributed by atoms with Crippen molar-refractivity contribution in [2.24, 2.45) is 0 Å². The summed E-state index contributed by atoms with van der Waals surface area (Å²) in [5, 5.41) is 3.23. The second-order valence-electron chi connectivity index (χ2n) is 4.42. The second-order valence-corrected chi connectivity index (χ2v) is 4.42. The number of halogens is 1. The highest BCUT2D eigenvalue weighted by molar-refractivity contribution is 4.81. The zero-order valence-electron chi connectivity index (χ0n) is 9.40. The maximum atomic E-state index is 13.6. The molecule has 1 saturated heterocycles. The average molecular weight is 201 g/mol. The molecule has 1 heterocycles. The van der Waals surface area contributed by atoms with Crippen LogP contribution in [0.5, 0.6) is 0 Å². The van der Waals surface area contributed by atoms with E-state index in [1.807, 2.05) is 0 Å². The molecule has 84 valence electrons. The molecule has 0 spiro atoms. The van der Waals surface area contributed by atoms with E-state index >= 15 is 0 Å². The molecule has 1 fully saturated rings. The molecule has 0 aliphatic carbocycles. The van der Waals surface area contributed by atoms with Gasteiger partial charge in [-0.05, 0) is 25.8 Å². The van der Waals surface area contributed by atoms with Crippen LogP contribution in [0.25, 0.3) is 0 Å². The van der Waals surface area contributed by atoms with Gasteiger partial charge in [0, 0.05) is 6.04 Å². The summed E-state index contributed by atoms with van der Waals surface area (Å²) < 4.78 is 13.6. The molecule has 0 saturated carbocycles. The number of rotatable bonds is 7. The van der Waals surface area contributed by atoms with Crippen molar-refractivity contribution in [2.75, 3.05) is 6.54 Å². The summed E-state index contributed by atoms with van der Waals surface area (Å²) in [6.45, 7) is 3.22. The number of hydrogen-bond donors (Lipinski definition) is 1. The average Bonchev–Trinajstić information content (AvgIpc) is 2.70. The first-order chi connectivity index (χ1) is 6.84. The van der Waals surface area contributed by atoms with Crippen LogP contribution in [-0.4, -0.2) is 18.8 Å². The third-order valence-electron chi connectivity index (χ3n) is 3.12. The van der Waals surface area contributed by atoms with Crippen molar-refractivity contribution in [2.45, 2.75) is 70.5 Å². The van der Waals surface area contributed by atoms with Gasteiger partial charge in [-0.15, -0.1) is 0 Å². The molecular formula is C12H24FN. The van der Waals surface area contributed by atoms with Crippen molar-refractivity contribution in [1.82, 2.24) is 5.32 Å². The van der Waals surface area contributed by atoms with Crippen LogP contribution < -0.4 is 5.32 Å². The molecule has 0 aromatic rings. The van der Waals surface area contributed by atoms with Crippen molar-refractivity contribution in [3.05, 3.63) is 0 Å². The molecule has 0 radical (unpaired) electrons. The van der Waals surface area contributed by atoms with Gasteiger partial charge in [0.1, 0.15) is 6.17 Å². The standard InChI is InChI=1S/C12H24FN/c1-2-3-4-5-6-8-11(13)12-9-7-10-14-12/h11-12,14H,2-10H2,1H3. The highest BCUT2D eigenvalue weighted by atomic mass is 19.1. The van der Waals surface area contributed by atoms with E-state index in [1.165, 1.54) is 25.7 Å². The lowest BCUT2D eigenvalue weighted by atomic mass is 10.0. The minimum absolute atomic E-state index is 0.168. The zero-order valence-corrected chi connectivity index (χ0v) is 9.40. The third kappa shape index (κ3) is 4.41. The summed E-state index contributed by atoms with van der Waals surface area (Å²) in [5.74, 6) is 0. The first-order valence-corrected chi connectivity index (χ1v) is 6.22. The maximum Gasteiger partial charge on any atom is 0.115 e. The molecule has 2 unspecified atom stereocenters. The molecule has 0 aromatic heterocycles. The summed E-state index contributed by atoms with van der Waals surface area (Å²) in [6, 6.07) is 0.168. The molecule has 0 amide bonds. The Labute approximate surface area is 87.5 Å². The normalized spacial score (nSPS) is 24.0. The Morgan fingerprint density at radius 3 is 2.71 bits per heavy atom. The van der Waals surface area contributed by atoms with Crippen molar-refractivity contribution in [3.63, 3.8) is 0 Å². The van der Waals surface area contributed by atoms with Crippen LogP contribution in [0.2, 0.25) is 0 Å². The lowest BCUT2D eigenvalue weighted by Crippen LogP contribution is -2.31. The minimum Gasteiger partial charge on any atom is -0.311 e. The van der Waals surface area contributed by atoms with Crippen LogP contribution in [0, 0.1) is 0 Å². The summed E-state index contributed by atoms with van der Waals surface area (Å²) in [5.41, 5.74) is 0. The van der Waals surface area contributed by atoms with Crippen molar-refractivity contribution in [1.29, 1.82) is 0 Å². The van der Waals surface area contributed by atoms with E-state index in [4.69, 9.17) is 0 Å². The monoisotopic (exact) mass is 201 g/mol. The summed E-state index contributed by atoms with van der Waals surface area (Å²) in [6.07, 6.45) is 8.49. The Bertz CT molecular complexity index is 132. The SMILES string of the molecule is CCCCCCCC(F)C1CCCN1. The predicted octanol–water partition coefficient (Wildman–Crippen LogP) is 3.44. The molecule has 2 heteroatoms. The Morgan fingerprint density at radius 1 is 1.29 bits per heavy atom. The smallest absolute Gasteiger partial charge is 0.115 e. The third-order valence-corrected chi connectivity index (χ3v) is 3.12. The summed E-state index contributed by atoms with van der Waals surface area (Å²) >= 11 is 0. The molecule has 0 bridgehead atoms. The molecule has 1 aliphatic heterocycles. The Morgan fingerprint density at radius 2 is 2.07 bits per heavy atom. The summed E-state index contributed by atoms with van der Waals surface area (Å²) in [7, 11) is 0. The fourth-order valence-electron chi connectivity index (χ4n) is 2.16. The topological polar surface area (TPSA) is 12.0 Å². The molecular weight excluding hydrogens is 177 g/mol. The van der Waals surface area contributed by atoms with Crippen LogP contribution in [0.15, 0.2) is 0 Å². The van der Waals surface area contributed by atoms with E-state index in [0.717, 1.165) is 32.2 Å². The highest BCUT2D eigenvalue weighted by Crippen LogP contribution is 2.17. The molecule has 1 rings (SSSR count). The van der Waals surface area contributed by atoms with Crippen molar-refractivity contribution in [3.8, 4) is 0 Å². The van der Waals surface area contributed by atoms with E-state index < -0.39 is 6.17 Å². The fourth-order valence-corrected chi connectivity index (χ4v) is 2.16. The van der Waals surface area contributed by atoms with Gasteiger partial charge in [0.2, 0.25) is 0 Å². The lowest BCUT2D eigenvalue weighted by molar-refractivity contribution is 0.243. The lowest BCUT2D eigenvalue weighted by Gasteiger charge is -2.15. The molecule has 2 atom stereocenters. The minimum atomic E-state index is -0.598. The molecule has 1 nitrogen and oxygen atoms in total. The van der Waals surface area contributed by atoms with E-state index in [9.17, 15) is 4.39 Å². The Balaban J connectivity index is 1.94. The van der Waals surface area contributed by atoms with Gasteiger partial charge in [0.15, 0.2) is 0 Å².